The van der Waals surface area contributed by atoms with Crippen LogP contribution in [0.1, 0.15) is 18.5 Å². The first-order valence-corrected chi connectivity index (χ1v) is 10.7. The van der Waals surface area contributed by atoms with Crippen LogP contribution in [0.2, 0.25) is 0 Å². The van der Waals surface area contributed by atoms with Gasteiger partial charge < -0.3 is 15.4 Å². The number of benzene rings is 2. The number of sulfonamides is 1. The number of morpholine rings is 1. The second kappa shape index (κ2) is 9.18. The number of anilines is 1. The minimum absolute atomic E-state index is 0.0538. The molecule has 2 aromatic rings. The Morgan fingerprint density at radius 2 is 1.82 bits per heavy atom. The first kappa shape index (κ1) is 20.3. The van der Waals surface area contributed by atoms with Crippen molar-refractivity contribution in [2.24, 2.45) is 0 Å². The van der Waals surface area contributed by atoms with Gasteiger partial charge in [-0.05, 0) is 30.7 Å². The number of nitrogens with zero attached hydrogens (tertiary/aromatic N) is 1. The highest BCUT2D eigenvalue weighted by Gasteiger charge is 2.26. The van der Waals surface area contributed by atoms with Gasteiger partial charge in [0.05, 0.1) is 30.7 Å². The number of carbonyl (C=O) groups is 1. The van der Waals surface area contributed by atoms with Crippen molar-refractivity contribution in [3.63, 3.8) is 0 Å². The van der Waals surface area contributed by atoms with Crippen molar-refractivity contribution in [3.8, 4) is 0 Å². The number of rotatable bonds is 7. The van der Waals surface area contributed by atoms with Crippen molar-refractivity contribution in [2.45, 2.75) is 17.9 Å². The number of hydrogen-bond acceptors (Lipinski definition) is 5. The molecule has 1 fully saturated rings. The smallest absolute Gasteiger partial charge is 0.243 e. The van der Waals surface area contributed by atoms with E-state index in [-0.39, 0.29) is 23.4 Å². The molecule has 3 rings (SSSR count). The molecule has 1 aliphatic heterocycles. The largest absolute Gasteiger partial charge is 0.379 e. The fourth-order valence-corrected chi connectivity index (χ4v) is 4.46. The molecule has 2 N–H and O–H groups in total. The predicted octanol–water partition coefficient (Wildman–Crippen LogP) is 2.00. The Morgan fingerprint density at radius 1 is 1.11 bits per heavy atom. The van der Waals surface area contributed by atoms with Gasteiger partial charge >= 0.3 is 0 Å². The maximum atomic E-state index is 12.7. The molecular formula is C20H25N3O4S. The Balaban J connectivity index is 1.59. The van der Waals surface area contributed by atoms with Crippen LogP contribution in [0.15, 0.2) is 59.5 Å². The maximum Gasteiger partial charge on any atom is 0.243 e. The predicted molar refractivity (Wildman–Crippen MR) is 108 cm³/mol. The van der Waals surface area contributed by atoms with E-state index < -0.39 is 10.0 Å². The molecule has 1 atom stereocenters. The molecule has 150 valence electrons. The number of hydrogen-bond donors (Lipinski definition) is 2. The lowest BCUT2D eigenvalue weighted by atomic mass is 10.1. The zero-order chi connectivity index (χ0) is 20.0. The Kier molecular flexibility index (Phi) is 6.66. The molecule has 0 saturated carbocycles. The van der Waals surface area contributed by atoms with Crippen molar-refractivity contribution < 1.29 is 17.9 Å². The minimum atomic E-state index is -3.57. The number of ether oxygens (including phenoxy) is 1. The molecule has 0 aromatic heterocycles. The van der Waals surface area contributed by atoms with E-state index in [2.05, 4.69) is 10.6 Å². The van der Waals surface area contributed by atoms with Crippen molar-refractivity contribution in [3.05, 3.63) is 60.2 Å². The molecular weight excluding hydrogens is 378 g/mol. The van der Waals surface area contributed by atoms with Crippen LogP contribution < -0.4 is 10.6 Å². The summed E-state index contributed by atoms with van der Waals surface area (Å²) in [6, 6.07) is 16.1. The van der Waals surface area contributed by atoms with Gasteiger partial charge in [0, 0.05) is 18.8 Å². The molecule has 0 aliphatic carbocycles. The zero-order valence-electron chi connectivity index (χ0n) is 15.8. The Bertz CT molecular complexity index is 897. The average molecular weight is 404 g/mol. The van der Waals surface area contributed by atoms with Crippen LogP contribution in [-0.4, -0.2) is 51.5 Å². The normalized spacial score (nSPS) is 16.3. The van der Waals surface area contributed by atoms with E-state index in [1.165, 1.54) is 4.31 Å². The third-order valence-electron chi connectivity index (χ3n) is 4.57. The molecule has 28 heavy (non-hydrogen) atoms. The van der Waals surface area contributed by atoms with E-state index in [0.717, 1.165) is 5.56 Å². The lowest BCUT2D eigenvalue weighted by molar-refractivity contribution is -0.120. The summed E-state index contributed by atoms with van der Waals surface area (Å²) < 4.78 is 32.1. The first-order chi connectivity index (χ1) is 13.5. The van der Waals surface area contributed by atoms with Gasteiger partial charge in [-0.1, -0.05) is 36.4 Å². The number of carbonyl (C=O) groups excluding carboxylic acids is 1. The fourth-order valence-electron chi connectivity index (χ4n) is 3.00. The van der Waals surface area contributed by atoms with Crippen LogP contribution in [0.4, 0.5) is 5.69 Å². The fraction of sp³-hybridized carbons (Fsp3) is 0.350. The molecule has 2 aromatic carbocycles. The van der Waals surface area contributed by atoms with Crippen LogP contribution in [0.5, 0.6) is 0 Å². The van der Waals surface area contributed by atoms with Crippen LogP contribution in [0.25, 0.3) is 0 Å². The third-order valence-corrected chi connectivity index (χ3v) is 6.47. The van der Waals surface area contributed by atoms with Gasteiger partial charge in [0.2, 0.25) is 15.9 Å². The minimum Gasteiger partial charge on any atom is -0.379 e. The standard InChI is InChI=1S/C20H25N3O4S/c1-16(17-6-3-2-4-7-17)22-20(24)15-21-18-8-5-9-19(14-18)28(25,26)23-10-12-27-13-11-23/h2-9,14,16,21H,10-13,15H2,1H3,(H,22,24)/t16-/m1/s1. The van der Waals surface area contributed by atoms with E-state index >= 15 is 0 Å². The lowest BCUT2D eigenvalue weighted by Gasteiger charge is -2.26. The van der Waals surface area contributed by atoms with Crippen LogP contribution in [0, 0.1) is 0 Å². The topological polar surface area (TPSA) is 87.7 Å². The van der Waals surface area contributed by atoms with E-state index in [1.807, 2.05) is 37.3 Å². The third kappa shape index (κ3) is 5.09. The van der Waals surface area contributed by atoms with Gasteiger partial charge in [-0.2, -0.15) is 4.31 Å². The van der Waals surface area contributed by atoms with Gasteiger partial charge in [0.15, 0.2) is 0 Å². The van der Waals surface area contributed by atoms with Gasteiger partial charge in [-0.3, -0.25) is 4.79 Å². The SMILES string of the molecule is C[C@@H](NC(=O)CNc1cccc(S(=O)(=O)N2CCOCC2)c1)c1ccccc1. The highest BCUT2D eigenvalue weighted by Crippen LogP contribution is 2.20. The summed E-state index contributed by atoms with van der Waals surface area (Å²) in [7, 11) is -3.57. The Morgan fingerprint density at radius 3 is 2.54 bits per heavy atom. The summed E-state index contributed by atoms with van der Waals surface area (Å²) in [4.78, 5) is 12.4. The summed E-state index contributed by atoms with van der Waals surface area (Å²) >= 11 is 0. The van der Waals surface area contributed by atoms with E-state index in [0.29, 0.717) is 32.0 Å². The maximum absolute atomic E-state index is 12.7. The summed E-state index contributed by atoms with van der Waals surface area (Å²) in [5.74, 6) is -0.169. The summed E-state index contributed by atoms with van der Waals surface area (Å²) in [6.07, 6.45) is 0. The van der Waals surface area contributed by atoms with Gasteiger partial charge in [0.25, 0.3) is 0 Å². The van der Waals surface area contributed by atoms with Crippen molar-refractivity contribution >= 4 is 21.6 Å². The van der Waals surface area contributed by atoms with Crippen molar-refractivity contribution in [1.29, 1.82) is 0 Å². The molecule has 0 unspecified atom stereocenters. The van der Waals surface area contributed by atoms with E-state index in [4.69, 9.17) is 4.74 Å². The van der Waals surface area contributed by atoms with Crippen LogP contribution in [-0.2, 0) is 19.6 Å². The zero-order valence-corrected chi connectivity index (χ0v) is 16.6. The van der Waals surface area contributed by atoms with Gasteiger partial charge in [0.1, 0.15) is 0 Å². The molecule has 7 nitrogen and oxygen atoms in total. The van der Waals surface area contributed by atoms with Crippen LogP contribution in [0.3, 0.4) is 0 Å². The molecule has 1 saturated heterocycles. The Labute approximate surface area is 165 Å². The average Bonchev–Trinajstić information content (AvgIpc) is 2.74. The quantitative estimate of drug-likeness (QED) is 0.738. The van der Waals surface area contributed by atoms with E-state index in [1.54, 1.807) is 24.3 Å². The highest BCUT2D eigenvalue weighted by molar-refractivity contribution is 7.89. The van der Waals surface area contributed by atoms with Gasteiger partial charge in [-0.15, -0.1) is 0 Å². The molecule has 1 aliphatic rings. The molecule has 0 spiro atoms. The highest BCUT2D eigenvalue weighted by atomic mass is 32.2. The molecule has 0 radical (unpaired) electrons. The monoisotopic (exact) mass is 403 g/mol. The molecule has 1 amide bonds. The first-order valence-electron chi connectivity index (χ1n) is 9.23. The summed E-state index contributed by atoms with van der Waals surface area (Å²) in [5.41, 5.74) is 1.60. The molecule has 1 heterocycles. The van der Waals surface area contributed by atoms with Gasteiger partial charge in [-0.25, -0.2) is 8.42 Å². The Hall–Kier alpha value is -2.42. The van der Waals surface area contributed by atoms with Crippen LogP contribution >= 0.6 is 0 Å². The second-order valence-electron chi connectivity index (χ2n) is 6.60. The number of nitrogens with one attached hydrogen (secondary N) is 2. The summed E-state index contributed by atoms with van der Waals surface area (Å²) in [5, 5.41) is 5.92. The van der Waals surface area contributed by atoms with Crippen molar-refractivity contribution in [2.75, 3.05) is 38.2 Å². The second-order valence-corrected chi connectivity index (χ2v) is 8.54. The lowest BCUT2D eigenvalue weighted by Crippen LogP contribution is -2.40. The molecule has 8 heteroatoms. The number of amides is 1. The molecule has 0 bridgehead atoms. The van der Waals surface area contributed by atoms with Crippen molar-refractivity contribution in [1.82, 2.24) is 9.62 Å². The van der Waals surface area contributed by atoms with E-state index in [9.17, 15) is 13.2 Å². The summed E-state index contributed by atoms with van der Waals surface area (Å²) in [6.45, 7) is 3.47.